The van der Waals surface area contributed by atoms with Gasteiger partial charge in [0.25, 0.3) is 0 Å². The molecule has 0 radical (unpaired) electrons. The summed E-state index contributed by atoms with van der Waals surface area (Å²) in [6.07, 6.45) is 3.65. The van der Waals surface area contributed by atoms with Crippen LogP contribution in [-0.2, 0) is 4.79 Å². The number of likely N-dealkylation sites (N-methyl/N-ethyl adjacent to an activating group) is 1. The van der Waals surface area contributed by atoms with E-state index in [1.54, 1.807) is 4.90 Å². The molecule has 1 aliphatic heterocycles. The third kappa shape index (κ3) is 4.18. The van der Waals surface area contributed by atoms with E-state index in [1.165, 1.54) is 25.9 Å². The summed E-state index contributed by atoms with van der Waals surface area (Å²) in [5.41, 5.74) is 5.30. The Kier molecular flexibility index (Phi) is 5.05. The topological polar surface area (TPSA) is 49.6 Å². The van der Waals surface area contributed by atoms with Crippen molar-refractivity contribution in [3.05, 3.63) is 0 Å². The predicted molar refractivity (Wildman–Crippen MR) is 61.5 cm³/mol. The molecule has 0 aliphatic carbocycles. The van der Waals surface area contributed by atoms with E-state index < -0.39 is 0 Å². The van der Waals surface area contributed by atoms with Gasteiger partial charge in [-0.25, -0.2) is 0 Å². The molecule has 1 heterocycles. The molecule has 15 heavy (non-hydrogen) atoms. The Morgan fingerprint density at radius 3 is 2.60 bits per heavy atom. The van der Waals surface area contributed by atoms with Crippen molar-refractivity contribution in [1.29, 1.82) is 0 Å². The largest absolute Gasteiger partial charge is 0.345 e. The average Bonchev–Trinajstić information content (AvgIpc) is 2.26. The summed E-state index contributed by atoms with van der Waals surface area (Å²) in [7, 11) is 4.00. The number of piperidine rings is 1. The van der Waals surface area contributed by atoms with E-state index >= 15 is 0 Å². The molecule has 1 fully saturated rings. The van der Waals surface area contributed by atoms with E-state index in [0.29, 0.717) is 0 Å². The number of likely N-dealkylation sites (tertiary alicyclic amines) is 1. The molecule has 0 aromatic heterocycles. The maximum absolute atomic E-state index is 11.2. The summed E-state index contributed by atoms with van der Waals surface area (Å²) in [5, 5.41) is 0. The Hall–Kier alpha value is -0.610. The molecule has 0 aromatic carbocycles. The number of hydrogen-bond acceptors (Lipinski definition) is 3. The standard InChI is InChI=1S/C11H23N3O/c1-13-6-3-10(4-7-13)5-8-14(2)11(15)9-12/h10H,3-9,12H2,1-2H3. The van der Waals surface area contributed by atoms with Crippen LogP contribution >= 0.6 is 0 Å². The lowest BCUT2D eigenvalue weighted by Crippen LogP contribution is -2.36. The van der Waals surface area contributed by atoms with Gasteiger partial charge in [-0.05, 0) is 45.3 Å². The van der Waals surface area contributed by atoms with Crippen LogP contribution < -0.4 is 5.73 Å². The first kappa shape index (κ1) is 12.5. The number of carbonyl (C=O) groups excluding carboxylic acids is 1. The van der Waals surface area contributed by atoms with Gasteiger partial charge in [0, 0.05) is 13.6 Å². The number of carbonyl (C=O) groups is 1. The molecule has 1 aliphatic rings. The molecule has 2 N–H and O–H groups in total. The van der Waals surface area contributed by atoms with Crippen molar-refractivity contribution in [3.63, 3.8) is 0 Å². The van der Waals surface area contributed by atoms with Crippen molar-refractivity contribution in [2.75, 3.05) is 40.3 Å². The van der Waals surface area contributed by atoms with E-state index in [4.69, 9.17) is 5.73 Å². The highest BCUT2D eigenvalue weighted by Gasteiger charge is 2.17. The van der Waals surface area contributed by atoms with E-state index in [1.807, 2.05) is 7.05 Å². The van der Waals surface area contributed by atoms with Crippen molar-refractivity contribution >= 4 is 5.91 Å². The normalized spacial score (nSPS) is 19.1. The molecule has 4 nitrogen and oxygen atoms in total. The SMILES string of the molecule is CN1CCC(CCN(C)C(=O)CN)CC1. The number of nitrogens with zero attached hydrogens (tertiary/aromatic N) is 2. The maximum Gasteiger partial charge on any atom is 0.236 e. The van der Waals surface area contributed by atoms with Gasteiger partial charge in [-0.2, -0.15) is 0 Å². The van der Waals surface area contributed by atoms with E-state index in [9.17, 15) is 4.79 Å². The summed E-state index contributed by atoms with van der Waals surface area (Å²) in [5.74, 6) is 0.831. The Bertz CT molecular complexity index is 200. The second kappa shape index (κ2) is 6.08. The number of hydrogen-bond donors (Lipinski definition) is 1. The van der Waals surface area contributed by atoms with Crippen LogP contribution in [0.15, 0.2) is 0 Å². The van der Waals surface area contributed by atoms with Gasteiger partial charge in [-0.15, -0.1) is 0 Å². The minimum Gasteiger partial charge on any atom is -0.345 e. The maximum atomic E-state index is 11.2. The second-order valence-electron chi connectivity index (χ2n) is 4.55. The molecule has 0 bridgehead atoms. The number of rotatable bonds is 4. The van der Waals surface area contributed by atoms with Crippen LogP contribution in [-0.4, -0.2) is 56.0 Å². The molecular weight excluding hydrogens is 190 g/mol. The molecule has 0 unspecified atom stereocenters. The zero-order valence-electron chi connectivity index (χ0n) is 9.91. The Labute approximate surface area is 92.4 Å². The molecule has 88 valence electrons. The Morgan fingerprint density at radius 2 is 2.07 bits per heavy atom. The summed E-state index contributed by atoms with van der Waals surface area (Å²) < 4.78 is 0. The summed E-state index contributed by atoms with van der Waals surface area (Å²) in [4.78, 5) is 15.3. The third-order valence-corrected chi connectivity index (χ3v) is 3.31. The fourth-order valence-electron chi connectivity index (χ4n) is 2.01. The molecule has 4 heteroatoms. The summed E-state index contributed by atoms with van der Waals surface area (Å²) in [6.45, 7) is 3.37. The first-order chi connectivity index (χ1) is 7.13. The minimum absolute atomic E-state index is 0.0444. The third-order valence-electron chi connectivity index (χ3n) is 3.31. The highest BCUT2D eigenvalue weighted by molar-refractivity contribution is 5.77. The predicted octanol–water partition coefficient (Wildman–Crippen LogP) is 0.135. The number of nitrogens with two attached hydrogens (primary N) is 1. The van der Waals surface area contributed by atoms with Crippen LogP contribution in [0.4, 0.5) is 0 Å². The van der Waals surface area contributed by atoms with Gasteiger partial charge in [-0.1, -0.05) is 0 Å². The van der Waals surface area contributed by atoms with Gasteiger partial charge in [0.05, 0.1) is 6.54 Å². The van der Waals surface area contributed by atoms with Crippen LogP contribution in [0, 0.1) is 5.92 Å². The van der Waals surface area contributed by atoms with Gasteiger partial charge in [0.2, 0.25) is 5.91 Å². The van der Waals surface area contributed by atoms with Crippen molar-refractivity contribution in [3.8, 4) is 0 Å². The van der Waals surface area contributed by atoms with Gasteiger partial charge < -0.3 is 15.5 Å². The van der Waals surface area contributed by atoms with Crippen molar-refractivity contribution in [1.82, 2.24) is 9.80 Å². The fourth-order valence-corrected chi connectivity index (χ4v) is 2.01. The Balaban J connectivity index is 2.17. The monoisotopic (exact) mass is 213 g/mol. The van der Waals surface area contributed by atoms with E-state index in [-0.39, 0.29) is 12.5 Å². The first-order valence-corrected chi connectivity index (χ1v) is 5.76. The van der Waals surface area contributed by atoms with Crippen LogP contribution in [0.3, 0.4) is 0 Å². The molecule has 0 saturated carbocycles. The second-order valence-corrected chi connectivity index (χ2v) is 4.55. The summed E-state index contributed by atoms with van der Waals surface area (Å²) in [6, 6.07) is 0. The lowest BCUT2D eigenvalue weighted by molar-refractivity contribution is -0.128. The van der Waals surface area contributed by atoms with Crippen molar-refractivity contribution < 1.29 is 4.79 Å². The highest BCUT2D eigenvalue weighted by atomic mass is 16.2. The number of amides is 1. The zero-order valence-corrected chi connectivity index (χ0v) is 9.91. The molecule has 0 aromatic rings. The lowest BCUT2D eigenvalue weighted by atomic mass is 9.94. The average molecular weight is 213 g/mol. The van der Waals surface area contributed by atoms with Gasteiger partial charge in [0.15, 0.2) is 0 Å². The lowest BCUT2D eigenvalue weighted by Gasteiger charge is -2.30. The van der Waals surface area contributed by atoms with Crippen LogP contribution in [0.2, 0.25) is 0 Å². The Morgan fingerprint density at radius 1 is 1.47 bits per heavy atom. The highest BCUT2D eigenvalue weighted by Crippen LogP contribution is 2.19. The zero-order chi connectivity index (χ0) is 11.3. The van der Waals surface area contributed by atoms with E-state index in [0.717, 1.165) is 18.9 Å². The molecular formula is C11H23N3O. The molecule has 1 amide bonds. The van der Waals surface area contributed by atoms with Crippen molar-refractivity contribution in [2.45, 2.75) is 19.3 Å². The molecule has 0 atom stereocenters. The van der Waals surface area contributed by atoms with Gasteiger partial charge in [-0.3, -0.25) is 4.79 Å². The van der Waals surface area contributed by atoms with Crippen LogP contribution in [0.5, 0.6) is 0 Å². The van der Waals surface area contributed by atoms with Crippen LogP contribution in [0.1, 0.15) is 19.3 Å². The molecule has 1 rings (SSSR count). The van der Waals surface area contributed by atoms with E-state index in [2.05, 4.69) is 11.9 Å². The van der Waals surface area contributed by atoms with Gasteiger partial charge >= 0.3 is 0 Å². The fraction of sp³-hybridized carbons (Fsp3) is 0.909. The molecule has 0 spiro atoms. The quantitative estimate of drug-likeness (QED) is 0.722. The molecule has 1 saturated heterocycles. The van der Waals surface area contributed by atoms with Crippen molar-refractivity contribution in [2.24, 2.45) is 11.7 Å². The van der Waals surface area contributed by atoms with Crippen LogP contribution in [0.25, 0.3) is 0 Å². The smallest absolute Gasteiger partial charge is 0.236 e. The van der Waals surface area contributed by atoms with Gasteiger partial charge in [0.1, 0.15) is 0 Å². The summed E-state index contributed by atoms with van der Waals surface area (Å²) >= 11 is 0. The minimum atomic E-state index is 0.0444. The first-order valence-electron chi connectivity index (χ1n) is 5.76.